The van der Waals surface area contributed by atoms with E-state index in [1.807, 2.05) is 58.9 Å². The highest BCUT2D eigenvalue weighted by molar-refractivity contribution is 7.87. The van der Waals surface area contributed by atoms with Crippen molar-refractivity contribution in [2.75, 3.05) is 13.7 Å². The molecule has 230 valence electrons. The normalized spacial score (nSPS) is 27.0. The van der Waals surface area contributed by atoms with Crippen LogP contribution in [0.2, 0.25) is 0 Å². The van der Waals surface area contributed by atoms with Gasteiger partial charge in [0.15, 0.2) is 6.17 Å². The Hall–Kier alpha value is -2.56. The Labute approximate surface area is 241 Å². The number of nitrogens with zero attached hydrogens (tertiary/aromatic N) is 1. The first-order chi connectivity index (χ1) is 18.9. The van der Waals surface area contributed by atoms with E-state index in [1.54, 1.807) is 19.3 Å². The molecule has 0 amide bonds. The Morgan fingerprint density at radius 1 is 1.20 bits per heavy atom. The van der Waals surface area contributed by atoms with E-state index in [0.29, 0.717) is 24.8 Å². The number of allylic oxidation sites excluding steroid dienone is 8. The van der Waals surface area contributed by atoms with Crippen molar-refractivity contribution in [1.29, 1.82) is 0 Å². The number of hydrogen-bond acceptors (Lipinski definition) is 7. The average molecular weight is 602 g/mol. The van der Waals surface area contributed by atoms with Crippen molar-refractivity contribution in [3.05, 3.63) is 47.8 Å². The van der Waals surface area contributed by atoms with Gasteiger partial charge < -0.3 is 9.47 Å². The van der Waals surface area contributed by atoms with E-state index in [0.717, 1.165) is 12.2 Å². The fraction of sp³-hybridized carbons (Fsp3) is 0.667. The van der Waals surface area contributed by atoms with Gasteiger partial charge in [-0.05, 0) is 61.0 Å². The fourth-order valence-corrected chi connectivity index (χ4v) is 6.47. The van der Waals surface area contributed by atoms with Crippen LogP contribution in [0.5, 0.6) is 0 Å². The third-order valence-electron chi connectivity index (χ3n) is 8.20. The molecule has 3 aliphatic rings. The van der Waals surface area contributed by atoms with Crippen LogP contribution >= 0.6 is 0 Å². The summed E-state index contributed by atoms with van der Waals surface area (Å²) in [5.74, 6) is 0.220. The molecule has 0 radical (unpaired) electrons. The Balaban J connectivity index is 1.60. The van der Waals surface area contributed by atoms with Gasteiger partial charge in [-0.2, -0.15) is 17.2 Å². The number of carbonyl (C=O) groups is 1. The van der Waals surface area contributed by atoms with Crippen molar-refractivity contribution >= 4 is 21.8 Å². The van der Waals surface area contributed by atoms with Gasteiger partial charge in [-0.25, -0.2) is 4.39 Å². The van der Waals surface area contributed by atoms with Crippen LogP contribution in [0.3, 0.4) is 0 Å². The van der Waals surface area contributed by atoms with Crippen molar-refractivity contribution < 1.29 is 40.1 Å². The van der Waals surface area contributed by atoms with Crippen LogP contribution in [0, 0.1) is 28.1 Å². The predicted molar refractivity (Wildman–Crippen MR) is 151 cm³/mol. The van der Waals surface area contributed by atoms with Crippen LogP contribution in [0.4, 0.5) is 13.2 Å². The van der Waals surface area contributed by atoms with Gasteiger partial charge in [-0.1, -0.05) is 70.2 Å². The van der Waals surface area contributed by atoms with Crippen LogP contribution in [0.1, 0.15) is 73.6 Å². The van der Waals surface area contributed by atoms with Crippen LogP contribution in [0.25, 0.3) is 0 Å². The van der Waals surface area contributed by atoms with E-state index in [9.17, 15) is 26.4 Å². The molecule has 0 spiro atoms. The van der Waals surface area contributed by atoms with Gasteiger partial charge in [0.05, 0.1) is 30.6 Å². The highest BCUT2D eigenvalue weighted by Crippen LogP contribution is 2.68. The Morgan fingerprint density at radius 2 is 1.85 bits per heavy atom. The first kappa shape index (κ1) is 32.9. The van der Waals surface area contributed by atoms with Gasteiger partial charge in [0.1, 0.15) is 0 Å². The summed E-state index contributed by atoms with van der Waals surface area (Å²) in [5.41, 5.74) is -0.655. The molecule has 0 N–H and O–H groups in total. The van der Waals surface area contributed by atoms with E-state index >= 15 is 0 Å². The summed E-state index contributed by atoms with van der Waals surface area (Å²) >= 11 is 0. The standard InChI is InChI=1S/C30H42F3NO6S/c1-20(22-13-14-24(38-7)23(17-22)21-11-9-8-10-12-21)34-40-41(36,37)30(32,33)25(31)15-16-39-26(35)29(18-27(2,3)4)19-28(29,5)6/h8-11,13-14,21,23,25H,12,15-19H2,1-7H3. The lowest BCUT2D eigenvalue weighted by Crippen LogP contribution is -2.40. The molecule has 41 heavy (non-hydrogen) atoms. The van der Waals surface area contributed by atoms with E-state index in [4.69, 9.17) is 9.47 Å². The molecule has 0 aromatic carbocycles. The number of esters is 1. The van der Waals surface area contributed by atoms with Crippen LogP contribution in [-0.2, 0) is 28.7 Å². The number of rotatable bonds is 12. The minimum absolute atomic E-state index is 0.0638. The van der Waals surface area contributed by atoms with Crippen molar-refractivity contribution in [2.24, 2.45) is 33.2 Å². The molecular weight excluding hydrogens is 559 g/mol. The molecule has 3 aliphatic carbocycles. The summed E-state index contributed by atoms with van der Waals surface area (Å²) in [4.78, 5) is 12.8. The number of ether oxygens (including phenoxy) is 2. The summed E-state index contributed by atoms with van der Waals surface area (Å²) in [6.07, 6.45) is 9.44. The molecular formula is C30H42F3NO6S. The molecule has 0 aromatic rings. The molecule has 1 saturated carbocycles. The molecule has 3 rings (SSSR count). The molecule has 0 heterocycles. The lowest BCUT2D eigenvalue weighted by molar-refractivity contribution is -0.154. The number of carbonyl (C=O) groups excluding carboxylic acids is 1. The van der Waals surface area contributed by atoms with Crippen LogP contribution in [-0.4, -0.2) is 45.2 Å². The largest absolute Gasteiger partial charge is 0.501 e. The Bertz CT molecular complexity index is 1260. The molecule has 0 aliphatic heterocycles. The van der Waals surface area contributed by atoms with E-state index in [-0.39, 0.29) is 28.4 Å². The van der Waals surface area contributed by atoms with Crippen molar-refractivity contribution in [3.63, 3.8) is 0 Å². The topological polar surface area (TPSA) is 91.3 Å². The van der Waals surface area contributed by atoms with E-state index < -0.39 is 46.0 Å². The quantitative estimate of drug-likeness (QED) is 0.135. The SMILES string of the molecule is COC1=CC=C(C(C)=NOS(=O)(=O)C(F)(F)C(F)CCOC(=O)C2(CC(C)(C)C)CC2(C)C)CC1C1C=CC=CC1. The zero-order chi connectivity index (χ0) is 30.9. The molecule has 0 saturated heterocycles. The highest BCUT2D eigenvalue weighted by atomic mass is 32.2. The second kappa shape index (κ2) is 12.0. The van der Waals surface area contributed by atoms with E-state index in [2.05, 4.69) is 9.44 Å². The zero-order valence-corrected chi connectivity index (χ0v) is 25.7. The Morgan fingerprint density at radius 3 is 2.39 bits per heavy atom. The molecule has 0 aromatic heterocycles. The highest BCUT2D eigenvalue weighted by Gasteiger charge is 2.68. The van der Waals surface area contributed by atoms with Crippen LogP contribution in [0.15, 0.2) is 52.9 Å². The first-order valence-corrected chi connectivity index (χ1v) is 15.2. The van der Waals surface area contributed by atoms with Gasteiger partial charge >= 0.3 is 21.3 Å². The summed E-state index contributed by atoms with van der Waals surface area (Å²) in [6.45, 7) is 10.5. The monoisotopic (exact) mass is 601 g/mol. The molecule has 11 heteroatoms. The summed E-state index contributed by atoms with van der Waals surface area (Å²) < 4.78 is 83.5. The minimum atomic E-state index is -5.78. The van der Waals surface area contributed by atoms with Crippen molar-refractivity contribution in [3.8, 4) is 0 Å². The molecule has 1 fully saturated rings. The van der Waals surface area contributed by atoms with Gasteiger partial charge in [-0.15, -0.1) is 0 Å². The van der Waals surface area contributed by atoms with Gasteiger partial charge in [0.2, 0.25) is 0 Å². The second-order valence-electron chi connectivity index (χ2n) is 13.0. The number of halogens is 3. The number of oxime groups is 1. The minimum Gasteiger partial charge on any atom is -0.501 e. The van der Waals surface area contributed by atoms with Gasteiger partial charge in [0.25, 0.3) is 0 Å². The van der Waals surface area contributed by atoms with Crippen molar-refractivity contribution in [2.45, 2.75) is 85.1 Å². The van der Waals surface area contributed by atoms with E-state index in [1.165, 1.54) is 6.92 Å². The molecule has 0 bridgehead atoms. The fourth-order valence-electron chi connectivity index (χ4n) is 5.73. The lowest BCUT2D eigenvalue weighted by Gasteiger charge is -2.29. The predicted octanol–water partition coefficient (Wildman–Crippen LogP) is 7.03. The maximum Gasteiger partial charge on any atom is 0.412 e. The Kier molecular flexibility index (Phi) is 9.62. The maximum absolute atomic E-state index is 14.7. The van der Waals surface area contributed by atoms with Crippen LogP contribution < -0.4 is 0 Å². The molecule has 4 atom stereocenters. The summed E-state index contributed by atoms with van der Waals surface area (Å²) in [6, 6.07) is 0. The number of alkyl halides is 3. The smallest absolute Gasteiger partial charge is 0.412 e. The number of methoxy groups -OCH3 is 1. The third kappa shape index (κ3) is 7.27. The van der Waals surface area contributed by atoms with Gasteiger partial charge in [-0.3, -0.25) is 9.08 Å². The number of hydrogen-bond donors (Lipinski definition) is 0. The summed E-state index contributed by atoms with van der Waals surface area (Å²) in [7, 11) is -4.22. The maximum atomic E-state index is 14.7. The summed E-state index contributed by atoms with van der Waals surface area (Å²) in [5, 5.41) is -1.48. The molecule has 7 nitrogen and oxygen atoms in total. The lowest BCUT2D eigenvalue weighted by atomic mass is 9.78. The first-order valence-electron chi connectivity index (χ1n) is 13.8. The molecule has 4 unspecified atom stereocenters. The van der Waals surface area contributed by atoms with Gasteiger partial charge in [0, 0.05) is 12.3 Å². The zero-order valence-electron chi connectivity index (χ0n) is 24.9. The average Bonchev–Trinajstić information content (AvgIpc) is 3.45. The van der Waals surface area contributed by atoms with Crippen molar-refractivity contribution in [1.82, 2.24) is 0 Å². The third-order valence-corrected chi connectivity index (χ3v) is 9.39. The second-order valence-corrected chi connectivity index (χ2v) is 14.6.